The molecule has 0 atom stereocenters. The molecule has 3 aromatic rings. The summed E-state index contributed by atoms with van der Waals surface area (Å²) < 4.78 is 9.92. The summed E-state index contributed by atoms with van der Waals surface area (Å²) in [6, 6.07) is 12.2. The van der Waals surface area contributed by atoms with E-state index in [9.17, 15) is 0 Å². The molecule has 8 heteroatoms. The normalized spacial score (nSPS) is 14.9. The minimum absolute atomic E-state index is 0.619. The molecule has 3 heterocycles. The molecular formula is C23H28N6OS. The van der Waals surface area contributed by atoms with Crippen LogP contribution in [0.2, 0.25) is 0 Å². The summed E-state index contributed by atoms with van der Waals surface area (Å²) in [4.78, 5) is 9.07. The lowest BCUT2D eigenvalue weighted by Crippen LogP contribution is -2.32. The van der Waals surface area contributed by atoms with Crippen LogP contribution in [0.1, 0.15) is 6.42 Å². The van der Waals surface area contributed by atoms with Gasteiger partial charge in [0.2, 0.25) is 0 Å². The van der Waals surface area contributed by atoms with Gasteiger partial charge in [0.15, 0.2) is 10.6 Å². The van der Waals surface area contributed by atoms with Crippen molar-refractivity contribution in [2.45, 2.75) is 19.6 Å². The Morgan fingerprint density at radius 1 is 1.13 bits per heavy atom. The Labute approximate surface area is 188 Å². The van der Waals surface area contributed by atoms with Gasteiger partial charge in [-0.1, -0.05) is 6.08 Å². The topological polar surface area (TPSA) is 51.4 Å². The van der Waals surface area contributed by atoms with Crippen LogP contribution in [0.4, 0.5) is 5.69 Å². The molecule has 0 unspecified atom stereocenters. The summed E-state index contributed by atoms with van der Waals surface area (Å²) in [5.74, 6) is 1.71. The van der Waals surface area contributed by atoms with Crippen molar-refractivity contribution in [3.05, 3.63) is 66.2 Å². The van der Waals surface area contributed by atoms with E-state index in [1.54, 1.807) is 13.3 Å². The highest BCUT2D eigenvalue weighted by Crippen LogP contribution is 2.21. The summed E-state index contributed by atoms with van der Waals surface area (Å²) in [6.45, 7) is 9.11. The van der Waals surface area contributed by atoms with Crippen molar-refractivity contribution in [3.8, 4) is 17.1 Å². The van der Waals surface area contributed by atoms with E-state index in [4.69, 9.17) is 22.1 Å². The Bertz CT molecular complexity index is 1060. The average Bonchev–Trinajstić information content (AvgIpc) is 2.97. The standard InChI is InChI=1S/C23H28N6OS/c1-3-12-28-22(19-6-4-11-24-17-19)25-29(23(28)31)18-26-13-5-14-27(16-15-26)20-7-9-21(30-2)10-8-20/h3-4,6-11,17H,1,5,12-16,18H2,2H3. The minimum atomic E-state index is 0.619. The first kappa shape index (κ1) is 21.3. The molecule has 1 aromatic carbocycles. The van der Waals surface area contributed by atoms with Crippen LogP contribution in [0.25, 0.3) is 11.4 Å². The van der Waals surface area contributed by atoms with Crippen LogP contribution in [-0.4, -0.2) is 57.5 Å². The second-order valence-corrected chi connectivity index (χ2v) is 7.91. The molecule has 31 heavy (non-hydrogen) atoms. The molecule has 0 aliphatic carbocycles. The fourth-order valence-corrected chi connectivity index (χ4v) is 4.15. The van der Waals surface area contributed by atoms with Crippen molar-refractivity contribution in [1.29, 1.82) is 0 Å². The van der Waals surface area contributed by atoms with E-state index >= 15 is 0 Å². The predicted octanol–water partition coefficient (Wildman–Crippen LogP) is 3.84. The first-order valence-electron chi connectivity index (χ1n) is 10.5. The average molecular weight is 437 g/mol. The summed E-state index contributed by atoms with van der Waals surface area (Å²) in [6.07, 6.45) is 6.51. The Balaban J connectivity index is 1.49. The first-order chi connectivity index (χ1) is 15.2. The largest absolute Gasteiger partial charge is 0.497 e. The number of allylic oxidation sites excluding steroid dienone is 1. The predicted molar refractivity (Wildman–Crippen MR) is 126 cm³/mol. The second kappa shape index (κ2) is 9.89. The number of ether oxygens (including phenoxy) is 1. The van der Waals surface area contributed by atoms with Crippen LogP contribution in [0, 0.1) is 4.77 Å². The zero-order valence-corrected chi connectivity index (χ0v) is 18.7. The Morgan fingerprint density at radius 3 is 2.68 bits per heavy atom. The maximum atomic E-state index is 5.75. The zero-order valence-electron chi connectivity index (χ0n) is 17.9. The molecule has 1 aliphatic heterocycles. The van der Waals surface area contributed by atoms with Gasteiger partial charge < -0.3 is 9.64 Å². The molecular weight excluding hydrogens is 408 g/mol. The van der Waals surface area contributed by atoms with Gasteiger partial charge in [0.25, 0.3) is 0 Å². The maximum Gasteiger partial charge on any atom is 0.199 e. The Kier molecular flexibility index (Phi) is 6.79. The Hall–Kier alpha value is -2.97. The van der Waals surface area contributed by atoms with Gasteiger partial charge in [0.05, 0.1) is 13.8 Å². The summed E-state index contributed by atoms with van der Waals surface area (Å²) in [5, 5.41) is 4.84. The molecule has 0 bridgehead atoms. The van der Waals surface area contributed by atoms with Gasteiger partial charge in [0.1, 0.15) is 5.75 Å². The van der Waals surface area contributed by atoms with Crippen molar-refractivity contribution >= 4 is 17.9 Å². The smallest absolute Gasteiger partial charge is 0.199 e. The Morgan fingerprint density at radius 2 is 1.97 bits per heavy atom. The molecule has 162 valence electrons. The van der Waals surface area contributed by atoms with Crippen LogP contribution < -0.4 is 9.64 Å². The molecule has 7 nitrogen and oxygen atoms in total. The quantitative estimate of drug-likeness (QED) is 0.414. The van der Waals surface area contributed by atoms with Crippen LogP contribution in [0.3, 0.4) is 0 Å². The number of hydrogen-bond donors (Lipinski definition) is 0. The molecule has 2 aromatic heterocycles. The van der Waals surface area contributed by atoms with E-state index in [-0.39, 0.29) is 0 Å². The van der Waals surface area contributed by atoms with Gasteiger partial charge in [-0.25, -0.2) is 4.68 Å². The SMILES string of the molecule is C=CCn1c(-c2cccnc2)nn(CN2CCCN(c3ccc(OC)cc3)CC2)c1=S. The number of aromatic nitrogens is 4. The van der Waals surface area contributed by atoms with Gasteiger partial charge in [-0.15, -0.1) is 6.58 Å². The number of nitrogens with zero attached hydrogens (tertiary/aromatic N) is 6. The van der Waals surface area contributed by atoms with Crippen molar-refractivity contribution < 1.29 is 4.74 Å². The summed E-state index contributed by atoms with van der Waals surface area (Å²) in [7, 11) is 1.69. The third kappa shape index (κ3) is 4.86. The first-order valence-corrected chi connectivity index (χ1v) is 10.9. The molecule has 1 fully saturated rings. The van der Waals surface area contributed by atoms with E-state index in [1.165, 1.54) is 5.69 Å². The van der Waals surface area contributed by atoms with Gasteiger partial charge >= 0.3 is 0 Å². The van der Waals surface area contributed by atoms with Gasteiger partial charge in [-0.3, -0.25) is 14.5 Å². The van der Waals surface area contributed by atoms with Crippen molar-refractivity contribution in [2.24, 2.45) is 0 Å². The summed E-state index contributed by atoms with van der Waals surface area (Å²) >= 11 is 5.75. The molecule has 0 amide bonds. The lowest BCUT2D eigenvalue weighted by molar-refractivity contribution is 0.219. The van der Waals surface area contributed by atoms with Crippen LogP contribution in [-0.2, 0) is 13.2 Å². The maximum absolute atomic E-state index is 5.75. The molecule has 0 N–H and O–H groups in total. The van der Waals surface area contributed by atoms with Crippen molar-refractivity contribution in [3.63, 3.8) is 0 Å². The number of benzene rings is 1. The van der Waals surface area contributed by atoms with E-state index in [2.05, 4.69) is 33.5 Å². The van der Waals surface area contributed by atoms with E-state index < -0.39 is 0 Å². The third-order valence-corrected chi connectivity index (χ3v) is 5.95. The number of pyridine rings is 1. The molecule has 0 spiro atoms. The van der Waals surface area contributed by atoms with Crippen LogP contribution in [0.5, 0.6) is 5.75 Å². The zero-order chi connectivity index (χ0) is 21.6. The van der Waals surface area contributed by atoms with Gasteiger partial charge in [0, 0.05) is 56.4 Å². The molecule has 0 saturated carbocycles. The van der Waals surface area contributed by atoms with Crippen LogP contribution in [0.15, 0.2) is 61.4 Å². The number of anilines is 1. The van der Waals surface area contributed by atoms with Crippen molar-refractivity contribution in [2.75, 3.05) is 38.2 Å². The lowest BCUT2D eigenvalue weighted by Gasteiger charge is -2.23. The van der Waals surface area contributed by atoms with Gasteiger partial charge in [-0.2, -0.15) is 5.10 Å². The minimum Gasteiger partial charge on any atom is -0.497 e. The molecule has 1 saturated heterocycles. The highest BCUT2D eigenvalue weighted by molar-refractivity contribution is 7.71. The number of rotatable bonds is 7. The van der Waals surface area contributed by atoms with E-state index in [0.29, 0.717) is 18.0 Å². The molecule has 4 rings (SSSR count). The highest BCUT2D eigenvalue weighted by atomic mass is 32.1. The van der Waals surface area contributed by atoms with Gasteiger partial charge in [-0.05, 0) is 55.0 Å². The van der Waals surface area contributed by atoms with Crippen molar-refractivity contribution in [1.82, 2.24) is 24.2 Å². The third-order valence-electron chi connectivity index (χ3n) is 5.51. The van der Waals surface area contributed by atoms with Crippen LogP contribution >= 0.6 is 12.2 Å². The fourth-order valence-electron chi connectivity index (χ4n) is 3.89. The lowest BCUT2D eigenvalue weighted by atomic mass is 10.2. The fraction of sp³-hybridized carbons (Fsp3) is 0.348. The summed E-state index contributed by atoms with van der Waals surface area (Å²) in [5.41, 5.74) is 2.18. The molecule has 1 aliphatic rings. The number of hydrogen-bond acceptors (Lipinski definition) is 6. The molecule has 0 radical (unpaired) electrons. The highest BCUT2D eigenvalue weighted by Gasteiger charge is 2.18. The van der Waals surface area contributed by atoms with E-state index in [1.807, 2.05) is 45.8 Å². The van der Waals surface area contributed by atoms with E-state index in [0.717, 1.165) is 49.7 Å². The number of methoxy groups -OCH3 is 1. The second-order valence-electron chi connectivity index (χ2n) is 7.54. The monoisotopic (exact) mass is 436 g/mol.